The molecule has 2 rings (SSSR count). The van der Waals surface area contributed by atoms with Crippen LogP contribution in [0.15, 0.2) is 47.5 Å². The first-order chi connectivity index (χ1) is 11.3. The van der Waals surface area contributed by atoms with Crippen LogP contribution < -0.4 is 4.90 Å². The number of phenolic OH excluding ortho intramolecular Hbond substituents is 1. The van der Waals surface area contributed by atoms with Gasteiger partial charge in [0.15, 0.2) is 0 Å². The SMILES string of the molecule is CCN(CC)c1ccc(C=Nc2ccc(C(C)(C)C)cc2)c(O)c1. The zero-order valence-corrected chi connectivity index (χ0v) is 15.4. The lowest BCUT2D eigenvalue weighted by molar-refractivity contribution is 0.474. The van der Waals surface area contributed by atoms with Crippen LogP contribution >= 0.6 is 0 Å². The van der Waals surface area contributed by atoms with Crippen LogP contribution in [0.25, 0.3) is 0 Å². The second-order valence-corrected chi connectivity index (χ2v) is 6.97. The number of nitrogens with zero attached hydrogens (tertiary/aromatic N) is 2. The first-order valence-corrected chi connectivity index (χ1v) is 8.57. The molecule has 3 heteroatoms. The highest BCUT2D eigenvalue weighted by Crippen LogP contribution is 2.26. The molecule has 2 aromatic rings. The van der Waals surface area contributed by atoms with Crippen molar-refractivity contribution in [3.8, 4) is 5.75 Å². The molecular weight excluding hydrogens is 296 g/mol. The Labute approximate surface area is 145 Å². The minimum absolute atomic E-state index is 0.140. The maximum Gasteiger partial charge on any atom is 0.126 e. The summed E-state index contributed by atoms with van der Waals surface area (Å²) in [5.41, 5.74) is 4.07. The Morgan fingerprint density at radius 1 is 1.00 bits per heavy atom. The Balaban J connectivity index is 2.17. The van der Waals surface area contributed by atoms with Crippen molar-refractivity contribution in [1.82, 2.24) is 0 Å². The van der Waals surface area contributed by atoms with Gasteiger partial charge >= 0.3 is 0 Å². The van der Waals surface area contributed by atoms with Crippen molar-refractivity contribution < 1.29 is 5.11 Å². The van der Waals surface area contributed by atoms with Crippen LogP contribution in [0, 0.1) is 0 Å². The molecule has 0 bridgehead atoms. The average Bonchev–Trinajstić information content (AvgIpc) is 2.55. The van der Waals surface area contributed by atoms with E-state index in [0.717, 1.165) is 30.0 Å². The lowest BCUT2D eigenvalue weighted by Crippen LogP contribution is -2.21. The molecule has 0 atom stereocenters. The first-order valence-electron chi connectivity index (χ1n) is 8.57. The minimum Gasteiger partial charge on any atom is -0.507 e. The molecule has 0 saturated carbocycles. The number of aromatic hydroxyl groups is 1. The lowest BCUT2D eigenvalue weighted by atomic mass is 9.87. The van der Waals surface area contributed by atoms with Gasteiger partial charge in [-0.25, -0.2) is 0 Å². The van der Waals surface area contributed by atoms with E-state index in [9.17, 15) is 5.11 Å². The smallest absolute Gasteiger partial charge is 0.126 e. The monoisotopic (exact) mass is 324 g/mol. The van der Waals surface area contributed by atoms with Crippen molar-refractivity contribution in [2.24, 2.45) is 4.99 Å². The maximum atomic E-state index is 10.2. The molecule has 0 heterocycles. The molecule has 3 nitrogen and oxygen atoms in total. The van der Waals surface area contributed by atoms with Crippen LogP contribution in [-0.4, -0.2) is 24.4 Å². The van der Waals surface area contributed by atoms with Gasteiger partial charge in [0.25, 0.3) is 0 Å². The predicted octanol–water partition coefficient (Wildman–Crippen LogP) is 5.29. The molecule has 0 spiro atoms. The summed E-state index contributed by atoms with van der Waals surface area (Å²) in [5.74, 6) is 0.259. The molecule has 0 unspecified atom stereocenters. The van der Waals surface area contributed by atoms with Gasteiger partial charge in [0, 0.05) is 36.6 Å². The summed E-state index contributed by atoms with van der Waals surface area (Å²) >= 11 is 0. The standard InChI is InChI=1S/C21H28N2O/c1-6-23(7-2)19-13-8-16(20(24)14-19)15-22-18-11-9-17(10-12-18)21(3,4)5/h8-15,24H,6-7H2,1-5H3. The third-order valence-corrected chi connectivity index (χ3v) is 4.23. The molecule has 0 fully saturated rings. The van der Waals surface area contributed by atoms with Crippen LogP contribution in [0.4, 0.5) is 11.4 Å². The average molecular weight is 324 g/mol. The number of hydrogen-bond donors (Lipinski definition) is 1. The maximum absolute atomic E-state index is 10.2. The quantitative estimate of drug-likeness (QED) is 0.759. The second kappa shape index (κ2) is 7.52. The van der Waals surface area contributed by atoms with Gasteiger partial charge in [-0.3, -0.25) is 4.99 Å². The van der Waals surface area contributed by atoms with E-state index >= 15 is 0 Å². The number of benzene rings is 2. The van der Waals surface area contributed by atoms with E-state index in [1.165, 1.54) is 5.56 Å². The van der Waals surface area contributed by atoms with Crippen molar-refractivity contribution in [3.63, 3.8) is 0 Å². The summed E-state index contributed by atoms with van der Waals surface area (Å²) in [6, 6.07) is 14.0. The van der Waals surface area contributed by atoms with Crippen molar-refractivity contribution in [2.75, 3.05) is 18.0 Å². The molecule has 0 saturated heterocycles. The van der Waals surface area contributed by atoms with Crippen LogP contribution in [0.5, 0.6) is 5.75 Å². The summed E-state index contributed by atoms with van der Waals surface area (Å²) in [5, 5.41) is 10.2. The van der Waals surface area contributed by atoms with Crippen LogP contribution in [-0.2, 0) is 5.41 Å². The van der Waals surface area contributed by atoms with Crippen molar-refractivity contribution in [1.29, 1.82) is 0 Å². The number of aliphatic imine (C=N–C) groups is 1. The normalized spacial score (nSPS) is 11.9. The highest BCUT2D eigenvalue weighted by Gasteiger charge is 2.12. The molecular formula is C21H28N2O. The van der Waals surface area contributed by atoms with E-state index in [1.54, 1.807) is 12.3 Å². The van der Waals surface area contributed by atoms with Crippen LogP contribution in [0.2, 0.25) is 0 Å². The lowest BCUT2D eigenvalue weighted by Gasteiger charge is -2.21. The Kier molecular flexibility index (Phi) is 5.66. The zero-order chi connectivity index (χ0) is 17.7. The molecule has 2 aromatic carbocycles. The third kappa shape index (κ3) is 4.38. The van der Waals surface area contributed by atoms with Gasteiger partial charge in [0.05, 0.1) is 5.69 Å². The van der Waals surface area contributed by atoms with Gasteiger partial charge < -0.3 is 10.0 Å². The van der Waals surface area contributed by atoms with Gasteiger partial charge in [0.2, 0.25) is 0 Å². The van der Waals surface area contributed by atoms with Crippen LogP contribution in [0.3, 0.4) is 0 Å². The van der Waals surface area contributed by atoms with Gasteiger partial charge in [-0.2, -0.15) is 0 Å². The zero-order valence-electron chi connectivity index (χ0n) is 15.4. The molecule has 0 radical (unpaired) electrons. The second-order valence-electron chi connectivity index (χ2n) is 6.97. The van der Waals surface area contributed by atoms with E-state index in [-0.39, 0.29) is 11.2 Å². The summed E-state index contributed by atoms with van der Waals surface area (Å²) < 4.78 is 0. The van der Waals surface area contributed by atoms with Gasteiger partial charge in [-0.1, -0.05) is 32.9 Å². The topological polar surface area (TPSA) is 35.8 Å². The Morgan fingerprint density at radius 2 is 1.62 bits per heavy atom. The van der Waals surface area contributed by atoms with Gasteiger partial charge in [0.1, 0.15) is 5.75 Å². The Bertz CT molecular complexity index is 693. The number of hydrogen-bond acceptors (Lipinski definition) is 3. The van der Waals surface area contributed by atoms with E-state index in [0.29, 0.717) is 0 Å². The summed E-state index contributed by atoms with van der Waals surface area (Å²) in [6.07, 6.45) is 1.72. The number of rotatable bonds is 5. The molecule has 0 aromatic heterocycles. The molecule has 0 aliphatic rings. The van der Waals surface area contributed by atoms with Gasteiger partial charge in [-0.05, 0) is 49.1 Å². The van der Waals surface area contributed by atoms with E-state index in [1.807, 2.05) is 24.3 Å². The molecule has 0 amide bonds. The minimum atomic E-state index is 0.140. The summed E-state index contributed by atoms with van der Waals surface area (Å²) in [4.78, 5) is 6.68. The summed E-state index contributed by atoms with van der Waals surface area (Å²) in [6.45, 7) is 12.6. The summed E-state index contributed by atoms with van der Waals surface area (Å²) in [7, 11) is 0. The fraction of sp³-hybridized carbons (Fsp3) is 0.381. The highest BCUT2D eigenvalue weighted by atomic mass is 16.3. The molecule has 0 aliphatic heterocycles. The van der Waals surface area contributed by atoms with Crippen molar-refractivity contribution >= 4 is 17.6 Å². The Morgan fingerprint density at radius 3 is 2.12 bits per heavy atom. The van der Waals surface area contributed by atoms with Crippen molar-refractivity contribution in [2.45, 2.75) is 40.0 Å². The van der Waals surface area contributed by atoms with E-state index in [2.05, 4.69) is 56.6 Å². The largest absolute Gasteiger partial charge is 0.507 e. The number of phenols is 1. The van der Waals surface area contributed by atoms with E-state index in [4.69, 9.17) is 0 Å². The Hall–Kier alpha value is -2.29. The first kappa shape index (κ1) is 18.1. The molecule has 0 aliphatic carbocycles. The third-order valence-electron chi connectivity index (χ3n) is 4.23. The predicted molar refractivity (Wildman–Crippen MR) is 104 cm³/mol. The van der Waals surface area contributed by atoms with Gasteiger partial charge in [-0.15, -0.1) is 0 Å². The fourth-order valence-corrected chi connectivity index (χ4v) is 2.62. The molecule has 128 valence electrons. The van der Waals surface area contributed by atoms with Crippen molar-refractivity contribution in [3.05, 3.63) is 53.6 Å². The highest BCUT2D eigenvalue weighted by molar-refractivity contribution is 5.86. The molecule has 1 N–H and O–H groups in total. The number of anilines is 1. The fourth-order valence-electron chi connectivity index (χ4n) is 2.62. The van der Waals surface area contributed by atoms with E-state index < -0.39 is 0 Å². The van der Waals surface area contributed by atoms with Crippen LogP contribution in [0.1, 0.15) is 45.7 Å². The molecule has 24 heavy (non-hydrogen) atoms.